The van der Waals surface area contributed by atoms with E-state index in [1.165, 1.54) is 6.42 Å². The Morgan fingerprint density at radius 3 is 2.73 bits per heavy atom. The Morgan fingerprint density at radius 2 is 2.00 bits per heavy atom. The number of nitrogens with zero attached hydrogens (tertiary/aromatic N) is 2. The lowest BCUT2D eigenvalue weighted by molar-refractivity contribution is 0.464. The first kappa shape index (κ1) is 9.97. The number of aryl methyl sites for hydroxylation is 2. The van der Waals surface area contributed by atoms with Crippen molar-refractivity contribution in [1.29, 1.82) is 5.26 Å². The molecule has 2 rings (SSSR count). The van der Waals surface area contributed by atoms with Gasteiger partial charge in [-0.1, -0.05) is 6.42 Å². The molecule has 1 aliphatic carbocycles. The first-order valence-corrected chi connectivity index (χ1v) is 5.35. The van der Waals surface area contributed by atoms with Crippen LogP contribution in [0.1, 0.15) is 41.8 Å². The van der Waals surface area contributed by atoms with Gasteiger partial charge in [0.15, 0.2) is 5.75 Å². The Hall–Kier alpha value is -1.56. The predicted molar refractivity (Wildman–Crippen MR) is 56.6 cm³/mol. The largest absolute Gasteiger partial charge is 0.505 e. The van der Waals surface area contributed by atoms with Gasteiger partial charge < -0.3 is 5.11 Å². The molecule has 0 unspecified atom stereocenters. The molecule has 0 atom stereocenters. The molecule has 0 radical (unpaired) electrons. The van der Waals surface area contributed by atoms with E-state index in [4.69, 9.17) is 5.26 Å². The molecule has 1 aromatic rings. The molecule has 0 bridgehead atoms. The predicted octanol–water partition coefficient (Wildman–Crippen LogP) is 2.24. The van der Waals surface area contributed by atoms with Crippen LogP contribution in [0.3, 0.4) is 0 Å². The lowest BCUT2D eigenvalue weighted by Gasteiger charge is -2.10. The van der Waals surface area contributed by atoms with Gasteiger partial charge in [-0.05, 0) is 38.2 Å². The van der Waals surface area contributed by atoms with E-state index in [-0.39, 0.29) is 5.75 Å². The van der Waals surface area contributed by atoms with Crippen molar-refractivity contribution in [1.82, 2.24) is 4.98 Å². The van der Waals surface area contributed by atoms with Crippen molar-refractivity contribution in [3.63, 3.8) is 0 Å². The maximum atomic E-state index is 9.76. The van der Waals surface area contributed by atoms with Crippen LogP contribution in [-0.4, -0.2) is 10.1 Å². The van der Waals surface area contributed by atoms with Gasteiger partial charge in [-0.25, -0.2) is 0 Å². The van der Waals surface area contributed by atoms with Crippen LogP contribution in [0.2, 0.25) is 0 Å². The van der Waals surface area contributed by atoms with Gasteiger partial charge in [0, 0.05) is 5.69 Å². The number of aromatic hydroxyl groups is 1. The second-order valence-corrected chi connectivity index (χ2v) is 4.02. The van der Waals surface area contributed by atoms with E-state index in [0.717, 1.165) is 36.9 Å². The summed E-state index contributed by atoms with van der Waals surface area (Å²) in [5, 5.41) is 18.8. The maximum absolute atomic E-state index is 9.76. The molecule has 1 aliphatic rings. The molecule has 0 saturated heterocycles. The van der Waals surface area contributed by atoms with E-state index >= 15 is 0 Å². The SMILES string of the molecule is Cc1nc2c(c(C#N)c1O)CCCCC2. The minimum atomic E-state index is 0.0677. The monoisotopic (exact) mass is 202 g/mol. The summed E-state index contributed by atoms with van der Waals surface area (Å²) in [6.07, 6.45) is 5.21. The van der Waals surface area contributed by atoms with Crippen LogP contribution in [0.25, 0.3) is 0 Å². The lowest BCUT2D eigenvalue weighted by Crippen LogP contribution is -2.02. The Bertz CT molecular complexity index is 432. The molecule has 1 heterocycles. The number of aromatic nitrogens is 1. The molecule has 1 N–H and O–H groups in total. The van der Waals surface area contributed by atoms with Crippen molar-refractivity contribution < 1.29 is 5.11 Å². The third kappa shape index (κ3) is 1.68. The van der Waals surface area contributed by atoms with Crippen LogP contribution >= 0.6 is 0 Å². The van der Waals surface area contributed by atoms with Crippen molar-refractivity contribution in [3.8, 4) is 11.8 Å². The summed E-state index contributed by atoms with van der Waals surface area (Å²) in [7, 11) is 0. The molecule has 0 aliphatic heterocycles. The second-order valence-electron chi connectivity index (χ2n) is 4.02. The van der Waals surface area contributed by atoms with E-state index in [1.807, 2.05) is 0 Å². The molecule has 0 spiro atoms. The Labute approximate surface area is 89.4 Å². The van der Waals surface area contributed by atoms with Crippen LogP contribution in [0, 0.1) is 18.3 Å². The average molecular weight is 202 g/mol. The molecule has 0 aromatic carbocycles. The highest BCUT2D eigenvalue weighted by Crippen LogP contribution is 2.29. The van der Waals surface area contributed by atoms with Crippen LogP contribution in [-0.2, 0) is 12.8 Å². The fraction of sp³-hybridized carbons (Fsp3) is 0.500. The van der Waals surface area contributed by atoms with E-state index in [9.17, 15) is 5.11 Å². The highest BCUT2D eigenvalue weighted by Gasteiger charge is 2.18. The van der Waals surface area contributed by atoms with Crippen molar-refractivity contribution in [2.45, 2.75) is 39.0 Å². The number of fused-ring (bicyclic) bond motifs is 1. The molecular formula is C12H14N2O. The van der Waals surface area contributed by atoms with E-state index in [1.54, 1.807) is 6.92 Å². The third-order valence-electron chi connectivity index (χ3n) is 2.98. The zero-order chi connectivity index (χ0) is 10.8. The summed E-state index contributed by atoms with van der Waals surface area (Å²) in [6, 6.07) is 2.10. The van der Waals surface area contributed by atoms with E-state index < -0.39 is 0 Å². The molecule has 3 nitrogen and oxygen atoms in total. The van der Waals surface area contributed by atoms with Gasteiger partial charge in [-0.2, -0.15) is 5.26 Å². The Balaban J connectivity index is 2.62. The summed E-state index contributed by atoms with van der Waals surface area (Å²) < 4.78 is 0. The number of nitriles is 1. The Morgan fingerprint density at radius 1 is 1.27 bits per heavy atom. The van der Waals surface area contributed by atoms with Crippen LogP contribution in [0.4, 0.5) is 0 Å². The van der Waals surface area contributed by atoms with Gasteiger partial charge in [0.05, 0.1) is 5.69 Å². The van der Waals surface area contributed by atoms with E-state index in [0.29, 0.717) is 11.3 Å². The molecular weight excluding hydrogens is 188 g/mol. The maximum Gasteiger partial charge on any atom is 0.154 e. The first-order chi connectivity index (χ1) is 7.24. The molecule has 15 heavy (non-hydrogen) atoms. The van der Waals surface area contributed by atoms with Crippen LogP contribution in [0.5, 0.6) is 5.75 Å². The van der Waals surface area contributed by atoms with E-state index in [2.05, 4.69) is 11.1 Å². The lowest BCUT2D eigenvalue weighted by atomic mass is 10.0. The quantitative estimate of drug-likeness (QED) is 0.656. The molecule has 0 amide bonds. The summed E-state index contributed by atoms with van der Waals surface area (Å²) in [5.41, 5.74) is 3.00. The van der Waals surface area contributed by atoms with Crippen molar-refractivity contribution in [2.24, 2.45) is 0 Å². The van der Waals surface area contributed by atoms with Gasteiger partial charge in [-0.15, -0.1) is 0 Å². The summed E-state index contributed by atoms with van der Waals surface area (Å²) in [4.78, 5) is 4.38. The standard InChI is InChI=1S/C12H14N2O/c1-8-12(15)10(7-13)9-5-3-2-4-6-11(9)14-8/h15H,2-6H2,1H3. The van der Waals surface area contributed by atoms with Gasteiger partial charge in [-0.3, -0.25) is 4.98 Å². The van der Waals surface area contributed by atoms with Gasteiger partial charge in [0.2, 0.25) is 0 Å². The number of pyridine rings is 1. The number of hydrogen-bond donors (Lipinski definition) is 1. The molecule has 78 valence electrons. The van der Waals surface area contributed by atoms with Crippen molar-refractivity contribution in [2.75, 3.05) is 0 Å². The van der Waals surface area contributed by atoms with Crippen molar-refractivity contribution in [3.05, 3.63) is 22.5 Å². The topological polar surface area (TPSA) is 56.9 Å². The summed E-state index contributed by atoms with van der Waals surface area (Å²) in [6.45, 7) is 1.75. The fourth-order valence-corrected chi connectivity index (χ4v) is 2.16. The summed E-state index contributed by atoms with van der Waals surface area (Å²) in [5.74, 6) is 0.0677. The highest BCUT2D eigenvalue weighted by atomic mass is 16.3. The molecule has 0 saturated carbocycles. The number of hydrogen-bond acceptors (Lipinski definition) is 3. The molecule has 0 fully saturated rings. The highest BCUT2D eigenvalue weighted by molar-refractivity contribution is 5.52. The average Bonchev–Trinajstić information content (AvgIpc) is 2.45. The third-order valence-corrected chi connectivity index (χ3v) is 2.98. The van der Waals surface area contributed by atoms with Crippen LogP contribution in [0.15, 0.2) is 0 Å². The fourth-order valence-electron chi connectivity index (χ4n) is 2.16. The number of rotatable bonds is 0. The van der Waals surface area contributed by atoms with Gasteiger partial charge >= 0.3 is 0 Å². The first-order valence-electron chi connectivity index (χ1n) is 5.35. The molecule has 3 heteroatoms. The Kier molecular flexibility index (Phi) is 2.59. The van der Waals surface area contributed by atoms with Crippen molar-refractivity contribution >= 4 is 0 Å². The zero-order valence-electron chi connectivity index (χ0n) is 8.88. The summed E-state index contributed by atoms with van der Waals surface area (Å²) >= 11 is 0. The van der Waals surface area contributed by atoms with Gasteiger partial charge in [0.25, 0.3) is 0 Å². The minimum Gasteiger partial charge on any atom is -0.505 e. The minimum absolute atomic E-state index is 0.0677. The van der Waals surface area contributed by atoms with Gasteiger partial charge in [0.1, 0.15) is 11.6 Å². The smallest absolute Gasteiger partial charge is 0.154 e. The molecule has 1 aromatic heterocycles. The normalized spacial score (nSPS) is 15.2. The second kappa shape index (κ2) is 3.90. The zero-order valence-corrected chi connectivity index (χ0v) is 8.88. The van der Waals surface area contributed by atoms with Crippen LogP contribution < -0.4 is 0 Å².